The molecule has 2 aromatic carbocycles. The van der Waals surface area contributed by atoms with E-state index in [-0.39, 0.29) is 23.0 Å². The number of nitrogens with one attached hydrogen (secondary N) is 2. The summed E-state index contributed by atoms with van der Waals surface area (Å²) >= 11 is 5.33. The average molecular weight is 556 g/mol. The number of morpholine rings is 1. The molecule has 1 amide bonds. The first-order valence-electron chi connectivity index (χ1n) is 13.1. The summed E-state index contributed by atoms with van der Waals surface area (Å²) in [6.07, 6.45) is 1.93. The van der Waals surface area contributed by atoms with Gasteiger partial charge in [-0.15, -0.1) is 0 Å². The number of hydrogen-bond acceptors (Lipinski definition) is 9. The van der Waals surface area contributed by atoms with Gasteiger partial charge in [0.05, 0.1) is 36.0 Å². The molecule has 0 bridgehead atoms. The second-order valence-corrected chi connectivity index (χ2v) is 10.00. The smallest absolute Gasteiger partial charge is 0.340 e. The number of nitro benzene ring substituents is 1. The fourth-order valence-corrected chi connectivity index (χ4v) is 4.94. The Labute approximate surface area is 232 Å². The second kappa shape index (κ2) is 12.9. The Kier molecular flexibility index (Phi) is 9.31. The van der Waals surface area contributed by atoms with E-state index in [0.717, 1.165) is 31.6 Å². The number of rotatable bonds is 7. The van der Waals surface area contributed by atoms with Crippen molar-refractivity contribution in [3.63, 3.8) is 0 Å². The Balaban J connectivity index is 1.47. The molecular weight excluding hydrogens is 522 g/mol. The molecule has 0 saturated carbocycles. The van der Waals surface area contributed by atoms with Gasteiger partial charge >= 0.3 is 5.97 Å². The maximum absolute atomic E-state index is 12.9. The Bertz CT molecular complexity index is 1240. The van der Waals surface area contributed by atoms with E-state index in [1.54, 1.807) is 37.3 Å². The topological polar surface area (TPSA) is 126 Å². The molecule has 2 heterocycles. The van der Waals surface area contributed by atoms with E-state index in [9.17, 15) is 19.7 Å². The number of piperidine rings is 1. The lowest BCUT2D eigenvalue weighted by Crippen LogP contribution is -2.37. The molecule has 0 unspecified atom stereocenters. The van der Waals surface area contributed by atoms with Gasteiger partial charge in [0.25, 0.3) is 11.6 Å². The number of carbonyl (C=O) groups is 2. The fourth-order valence-electron chi connectivity index (χ4n) is 4.73. The number of ether oxygens (including phenoxy) is 2. The molecule has 0 atom stereocenters. The van der Waals surface area contributed by atoms with E-state index in [2.05, 4.69) is 22.5 Å². The summed E-state index contributed by atoms with van der Waals surface area (Å²) in [6.45, 7) is 8.04. The Morgan fingerprint density at radius 3 is 2.41 bits per heavy atom. The normalized spacial score (nSPS) is 15.9. The number of hydrogen-bond donors (Lipinski definition) is 2. The molecule has 39 heavy (non-hydrogen) atoms. The molecule has 11 nitrogen and oxygen atoms in total. The van der Waals surface area contributed by atoms with Crippen molar-refractivity contribution in [3.05, 3.63) is 57.6 Å². The van der Waals surface area contributed by atoms with Crippen LogP contribution in [-0.4, -0.2) is 67.9 Å². The number of nitro groups is 1. The minimum atomic E-state index is -0.579. The third-order valence-corrected chi connectivity index (χ3v) is 7.09. The minimum absolute atomic E-state index is 0.00863. The molecule has 208 valence electrons. The van der Waals surface area contributed by atoms with Gasteiger partial charge in [-0.2, -0.15) is 0 Å². The molecule has 0 spiro atoms. The molecule has 0 radical (unpaired) electrons. The second-order valence-electron chi connectivity index (χ2n) is 9.59. The van der Waals surface area contributed by atoms with Crippen molar-refractivity contribution in [2.75, 3.05) is 61.1 Å². The van der Waals surface area contributed by atoms with E-state index in [1.165, 1.54) is 6.07 Å². The zero-order valence-electron chi connectivity index (χ0n) is 22.1. The number of thiocarbonyl (C=S) groups is 1. The minimum Gasteiger partial charge on any atom is -0.462 e. The Hall–Kier alpha value is -3.77. The quantitative estimate of drug-likeness (QED) is 0.224. The monoisotopic (exact) mass is 555 g/mol. The molecular formula is C27H33N5O6S. The fraction of sp³-hybridized carbons (Fsp3) is 0.444. The van der Waals surface area contributed by atoms with E-state index in [1.807, 2.05) is 4.90 Å². The summed E-state index contributed by atoms with van der Waals surface area (Å²) in [5.74, 6) is -0.457. The molecule has 2 aromatic rings. The van der Waals surface area contributed by atoms with Crippen molar-refractivity contribution in [2.24, 2.45) is 5.92 Å². The number of esters is 1. The van der Waals surface area contributed by atoms with Crippen LogP contribution in [0.5, 0.6) is 0 Å². The summed E-state index contributed by atoms with van der Waals surface area (Å²) in [5.41, 5.74) is 2.10. The van der Waals surface area contributed by atoms with Gasteiger partial charge in [0.1, 0.15) is 5.69 Å². The van der Waals surface area contributed by atoms with Crippen LogP contribution >= 0.6 is 12.2 Å². The van der Waals surface area contributed by atoms with Gasteiger partial charge in [0, 0.05) is 43.5 Å². The number of carbonyl (C=O) groups excluding carboxylic acids is 2. The van der Waals surface area contributed by atoms with Gasteiger partial charge in [-0.25, -0.2) is 4.79 Å². The van der Waals surface area contributed by atoms with Crippen molar-refractivity contribution in [3.8, 4) is 0 Å². The van der Waals surface area contributed by atoms with Crippen molar-refractivity contribution in [1.29, 1.82) is 0 Å². The largest absolute Gasteiger partial charge is 0.462 e. The van der Waals surface area contributed by atoms with Crippen LogP contribution in [0.2, 0.25) is 0 Å². The van der Waals surface area contributed by atoms with Gasteiger partial charge in [-0.1, -0.05) is 6.92 Å². The van der Waals surface area contributed by atoms with Crippen molar-refractivity contribution >= 4 is 52.0 Å². The van der Waals surface area contributed by atoms with Gasteiger partial charge in [0.15, 0.2) is 5.11 Å². The highest BCUT2D eigenvalue weighted by atomic mass is 32.1. The number of benzene rings is 2. The van der Waals surface area contributed by atoms with Crippen LogP contribution in [0.1, 0.15) is 47.4 Å². The Morgan fingerprint density at radius 2 is 1.74 bits per heavy atom. The van der Waals surface area contributed by atoms with Gasteiger partial charge in [0.2, 0.25) is 0 Å². The molecule has 2 aliphatic heterocycles. The van der Waals surface area contributed by atoms with Crippen LogP contribution < -0.4 is 20.4 Å². The van der Waals surface area contributed by atoms with Crippen LogP contribution in [0, 0.1) is 16.0 Å². The lowest BCUT2D eigenvalue weighted by molar-refractivity contribution is -0.384. The lowest BCUT2D eigenvalue weighted by atomic mass is 9.98. The number of anilines is 3. The van der Waals surface area contributed by atoms with E-state index < -0.39 is 16.8 Å². The van der Waals surface area contributed by atoms with Gasteiger partial charge in [-0.05, 0) is 68.2 Å². The van der Waals surface area contributed by atoms with Crippen LogP contribution in [0.4, 0.5) is 22.7 Å². The van der Waals surface area contributed by atoms with Gasteiger partial charge < -0.3 is 24.6 Å². The van der Waals surface area contributed by atoms with Crippen molar-refractivity contribution in [1.82, 2.24) is 5.32 Å². The molecule has 12 heteroatoms. The zero-order chi connectivity index (χ0) is 27.9. The maximum Gasteiger partial charge on any atom is 0.340 e. The number of nitrogens with zero attached hydrogens (tertiary/aromatic N) is 3. The molecule has 2 aliphatic rings. The van der Waals surface area contributed by atoms with E-state index in [4.69, 9.17) is 21.7 Å². The molecule has 0 aliphatic carbocycles. The summed E-state index contributed by atoms with van der Waals surface area (Å²) in [7, 11) is 0. The molecule has 2 saturated heterocycles. The highest BCUT2D eigenvalue weighted by Crippen LogP contribution is 2.32. The van der Waals surface area contributed by atoms with Crippen LogP contribution in [-0.2, 0) is 9.47 Å². The van der Waals surface area contributed by atoms with Gasteiger partial charge in [-0.3, -0.25) is 20.2 Å². The molecule has 2 fully saturated rings. The summed E-state index contributed by atoms with van der Waals surface area (Å²) in [4.78, 5) is 41.0. The van der Waals surface area contributed by atoms with Crippen LogP contribution in [0.25, 0.3) is 0 Å². The first kappa shape index (κ1) is 28.2. The van der Waals surface area contributed by atoms with Crippen LogP contribution in [0.15, 0.2) is 36.4 Å². The molecule has 4 rings (SSSR count). The average Bonchev–Trinajstić information content (AvgIpc) is 2.93. The summed E-state index contributed by atoms with van der Waals surface area (Å²) in [6, 6.07) is 9.64. The molecule has 0 aromatic heterocycles. The number of amides is 1. The SMILES string of the molecule is CCOC(=O)c1cc(NC(=S)NC(=O)c2ccc(N3CCC(C)CC3)c([N+](=O)[O-])c2)ccc1N1CCOCC1. The first-order chi connectivity index (χ1) is 18.8. The highest BCUT2D eigenvalue weighted by Gasteiger charge is 2.25. The predicted octanol–water partition coefficient (Wildman–Crippen LogP) is 3.97. The molecule has 2 N–H and O–H groups in total. The Morgan fingerprint density at radius 1 is 1.08 bits per heavy atom. The van der Waals surface area contributed by atoms with Crippen LogP contribution in [0.3, 0.4) is 0 Å². The van der Waals surface area contributed by atoms with Crippen molar-refractivity contribution in [2.45, 2.75) is 26.7 Å². The third-order valence-electron chi connectivity index (χ3n) is 6.89. The standard InChI is InChI=1S/C27H33N5O6S/c1-3-38-26(34)21-17-20(5-7-22(21)31-12-14-37-15-13-31)28-27(39)29-25(33)19-4-6-23(24(16-19)32(35)36)30-10-8-18(2)9-11-30/h4-7,16-18H,3,8-15H2,1-2H3,(H2,28,29,33,39). The van der Waals surface area contributed by atoms with Crippen molar-refractivity contribution < 1.29 is 24.0 Å². The lowest BCUT2D eigenvalue weighted by Gasteiger charge is -2.31. The summed E-state index contributed by atoms with van der Waals surface area (Å²) in [5, 5.41) is 17.3. The predicted molar refractivity (Wildman–Crippen MR) is 153 cm³/mol. The maximum atomic E-state index is 12.9. The van der Waals surface area contributed by atoms with E-state index >= 15 is 0 Å². The first-order valence-corrected chi connectivity index (χ1v) is 13.5. The highest BCUT2D eigenvalue weighted by molar-refractivity contribution is 7.80. The van der Waals surface area contributed by atoms with E-state index in [0.29, 0.717) is 49.2 Å². The summed E-state index contributed by atoms with van der Waals surface area (Å²) < 4.78 is 10.7. The third kappa shape index (κ3) is 7.01. The zero-order valence-corrected chi connectivity index (χ0v) is 22.9.